The van der Waals surface area contributed by atoms with Crippen molar-refractivity contribution < 1.29 is 9.21 Å². The van der Waals surface area contributed by atoms with E-state index in [0.717, 1.165) is 5.69 Å². The third-order valence-corrected chi connectivity index (χ3v) is 2.69. The molecule has 0 aliphatic rings. The largest absolute Gasteiger partial charge is 0.417 e. The van der Waals surface area contributed by atoms with Gasteiger partial charge in [0.15, 0.2) is 5.58 Å². The highest BCUT2D eigenvalue weighted by molar-refractivity contribution is 6.03. The topological polar surface area (TPSA) is 101 Å². The fourth-order valence-corrected chi connectivity index (χ4v) is 1.73. The molecule has 0 bridgehead atoms. The molecule has 20 heavy (non-hydrogen) atoms. The van der Waals surface area contributed by atoms with Crippen LogP contribution in [0.15, 0.2) is 39.8 Å². The number of H-pyrrole nitrogens is 1. The highest BCUT2D eigenvalue weighted by Crippen LogP contribution is 2.16. The van der Waals surface area contributed by atoms with Crippen LogP contribution in [-0.2, 0) is 0 Å². The van der Waals surface area contributed by atoms with Gasteiger partial charge in [-0.15, -0.1) is 0 Å². The molecule has 1 amide bonds. The molecule has 2 aromatic heterocycles. The molecule has 7 nitrogen and oxygen atoms in total. The van der Waals surface area contributed by atoms with Gasteiger partial charge in [-0.2, -0.15) is 0 Å². The van der Waals surface area contributed by atoms with Crippen LogP contribution in [0.3, 0.4) is 0 Å². The maximum Gasteiger partial charge on any atom is 0.417 e. The summed E-state index contributed by atoms with van der Waals surface area (Å²) in [5, 5.41) is 2.67. The standard InChI is InChI=1S/C13H10N4O3/c1-7-5-15-10(6-14-7)12(18)16-8-2-3-11-9(4-8)17-13(19)20-11/h2-6H,1H3,(H,16,18)(H,17,19). The summed E-state index contributed by atoms with van der Waals surface area (Å²) in [4.78, 5) is 33.5. The number of nitrogens with one attached hydrogen (secondary N) is 2. The van der Waals surface area contributed by atoms with Gasteiger partial charge in [0.25, 0.3) is 5.91 Å². The fraction of sp³-hybridized carbons (Fsp3) is 0.0769. The Hall–Kier alpha value is -2.96. The molecule has 3 aromatic rings. The van der Waals surface area contributed by atoms with Gasteiger partial charge < -0.3 is 9.73 Å². The van der Waals surface area contributed by atoms with Crippen LogP contribution in [0.5, 0.6) is 0 Å². The Labute approximate surface area is 112 Å². The van der Waals surface area contributed by atoms with Crippen LogP contribution in [0.4, 0.5) is 5.69 Å². The van der Waals surface area contributed by atoms with Gasteiger partial charge in [0.2, 0.25) is 0 Å². The molecular weight excluding hydrogens is 260 g/mol. The van der Waals surface area contributed by atoms with Crippen LogP contribution in [-0.4, -0.2) is 20.9 Å². The first-order valence-corrected chi connectivity index (χ1v) is 5.85. The van der Waals surface area contributed by atoms with Gasteiger partial charge in [0, 0.05) is 11.9 Å². The number of aromatic amines is 1. The number of carbonyl (C=O) groups is 1. The predicted molar refractivity (Wildman–Crippen MR) is 71.6 cm³/mol. The summed E-state index contributed by atoms with van der Waals surface area (Å²) in [6, 6.07) is 4.85. The third-order valence-electron chi connectivity index (χ3n) is 2.69. The van der Waals surface area contributed by atoms with Crippen molar-refractivity contribution >= 4 is 22.7 Å². The lowest BCUT2D eigenvalue weighted by molar-refractivity contribution is 0.102. The third kappa shape index (κ3) is 2.28. The first kappa shape index (κ1) is 12.1. The number of aryl methyl sites for hydroxylation is 1. The summed E-state index contributed by atoms with van der Waals surface area (Å²) in [6.45, 7) is 1.79. The van der Waals surface area contributed by atoms with E-state index < -0.39 is 5.76 Å². The van der Waals surface area contributed by atoms with Gasteiger partial charge in [0.1, 0.15) is 5.69 Å². The summed E-state index contributed by atoms with van der Waals surface area (Å²) >= 11 is 0. The van der Waals surface area contributed by atoms with Crippen LogP contribution in [0.1, 0.15) is 16.2 Å². The second kappa shape index (κ2) is 4.61. The van der Waals surface area contributed by atoms with Gasteiger partial charge in [-0.05, 0) is 25.1 Å². The van der Waals surface area contributed by atoms with Crippen LogP contribution < -0.4 is 11.1 Å². The number of amides is 1. The van der Waals surface area contributed by atoms with E-state index in [0.29, 0.717) is 16.8 Å². The summed E-state index contributed by atoms with van der Waals surface area (Å²) in [5.74, 6) is -0.907. The molecule has 100 valence electrons. The van der Waals surface area contributed by atoms with E-state index in [1.807, 2.05) is 0 Å². The Bertz CT molecular complexity index is 833. The number of carbonyl (C=O) groups excluding carboxylic acids is 1. The summed E-state index contributed by atoms with van der Waals surface area (Å²) in [6.07, 6.45) is 2.93. The average molecular weight is 270 g/mol. The van der Waals surface area contributed by atoms with Crippen molar-refractivity contribution in [1.29, 1.82) is 0 Å². The van der Waals surface area contributed by atoms with E-state index >= 15 is 0 Å². The Morgan fingerprint density at radius 2 is 2.15 bits per heavy atom. The monoisotopic (exact) mass is 270 g/mol. The molecule has 0 fully saturated rings. The van der Waals surface area contributed by atoms with Gasteiger partial charge in [0.05, 0.1) is 17.4 Å². The molecule has 1 aromatic carbocycles. The van der Waals surface area contributed by atoms with Crippen LogP contribution in [0, 0.1) is 6.92 Å². The van der Waals surface area contributed by atoms with Gasteiger partial charge >= 0.3 is 5.76 Å². The molecule has 7 heteroatoms. The van der Waals surface area contributed by atoms with Crippen LogP contribution in [0.2, 0.25) is 0 Å². The zero-order valence-electron chi connectivity index (χ0n) is 10.5. The zero-order valence-corrected chi connectivity index (χ0v) is 10.5. The molecule has 2 heterocycles. The van der Waals surface area contributed by atoms with E-state index in [2.05, 4.69) is 20.3 Å². The second-order valence-corrected chi connectivity index (χ2v) is 4.22. The number of hydrogen-bond donors (Lipinski definition) is 2. The minimum Gasteiger partial charge on any atom is -0.408 e. The normalized spacial score (nSPS) is 10.7. The maximum atomic E-state index is 12.0. The number of nitrogens with zero attached hydrogens (tertiary/aromatic N) is 2. The second-order valence-electron chi connectivity index (χ2n) is 4.22. The van der Waals surface area contributed by atoms with Crippen LogP contribution in [0.25, 0.3) is 11.1 Å². The highest BCUT2D eigenvalue weighted by atomic mass is 16.4. The lowest BCUT2D eigenvalue weighted by Gasteiger charge is -2.04. The predicted octanol–water partition coefficient (Wildman–Crippen LogP) is 1.47. The van der Waals surface area contributed by atoms with Crippen molar-refractivity contribution in [3.8, 4) is 0 Å². The highest BCUT2D eigenvalue weighted by Gasteiger charge is 2.09. The Kier molecular flexibility index (Phi) is 2.79. The molecule has 0 atom stereocenters. The molecule has 0 saturated carbocycles. The molecule has 0 saturated heterocycles. The SMILES string of the molecule is Cc1cnc(C(=O)Nc2ccc3oc(=O)[nH]c3c2)cn1. The van der Waals surface area contributed by atoms with Crippen molar-refractivity contribution in [1.82, 2.24) is 15.0 Å². The Morgan fingerprint density at radius 3 is 2.90 bits per heavy atom. The number of rotatable bonds is 2. The average Bonchev–Trinajstić information content (AvgIpc) is 2.78. The van der Waals surface area contributed by atoms with E-state index in [4.69, 9.17) is 4.42 Å². The molecule has 0 aliphatic heterocycles. The van der Waals surface area contributed by atoms with Crippen molar-refractivity contribution in [3.63, 3.8) is 0 Å². The molecule has 2 N–H and O–H groups in total. The number of hydrogen-bond acceptors (Lipinski definition) is 5. The first-order valence-electron chi connectivity index (χ1n) is 5.85. The van der Waals surface area contributed by atoms with Crippen molar-refractivity contribution in [3.05, 3.63) is 52.5 Å². The van der Waals surface area contributed by atoms with Gasteiger partial charge in [-0.3, -0.25) is 14.8 Å². The van der Waals surface area contributed by atoms with Gasteiger partial charge in [-0.1, -0.05) is 0 Å². The van der Waals surface area contributed by atoms with Crippen molar-refractivity contribution in [2.24, 2.45) is 0 Å². The molecule has 0 aliphatic carbocycles. The van der Waals surface area contributed by atoms with Crippen molar-refractivity contribution in [2.75, 3.05) is 5.32 Å². The number of benzene rings is 1. The quantitative estimate of drug-likeness (QED) is 0.734. The Morgan fingerprint density at radius 1 is 1.30 bits per heavy atom. The number of oxazole rings is 1. The molecule has 0 radical (unpaired) electrons. The summed E-state index contributed by atoms with van der Waals surface area (Å²) < 4.78 is 4.88. The fourth-order valence-electron chi connectivity index (χ4n) is 1.73. The summed E-state index contributed by atoms with van der Waals surface area (Å²) in [7, 11) is 0. The maximum absolute atomic E-state index is 12.0. The molecule has 0 unspecified atom stereocenters. The van der Waals surface area contributed by atoms with Crippen molar-refractivity contribution in [2.45, 2.75) is 6.92 Å². The number of fused-ring (bicyclic) bond motifs is 1. The van der Waals surface area contributed by atoms with E-state index in [1.54, 1.807) is 25.1 Å². The first-order chi connectivity index (χ1) is 9.61. The lowest BCUT2D eigenvalue weighted by Crippen LogP contribution is -2.14. The molecule has 0 spiro atoms. The molecule has 3 rings (SSSR count). The number of anilines is 1. The van der Waals surface area contributed by atoms with E-state index in [1.165, 1.54) is 12.4 Å². The summed E-state index contributed by atoms with van der Waals surface area (Å²) in [5.41, 5.74) is 2.43. The van der Waals surface area contributed by atoms with Crippen LogP contribution >= 0.6 is 0 Å². The number of aromatic nitrogens is 3. The minimum absolute atomic E-state index is 0.219. The van der Waals surface area contributed by atoms with Gasteiger partial charge in [-0.25, -0.2) is 9.78 Å². The zero-order chi connectivity index (χ0) is 14.1. The Balaban J connectivity index is 1.86. The lowest BCUT2D eigenvalue weighted by atomic mass is 10.2. The van der Waals surface area contributed by atoms with E-state index in [-0.39, 0.29) is 11.6 Å². The minimum atomic E-state index is -0.534. The van der Waals surface area contributed by atoms with E-state index in [9.17, 15) is 9.59 Å². The smallest absolute Gasteiger partial charge is 0.408 e. The molecular formula is C13H10N4O3.